The molecule has 1 atom stereocenters. The van der Waals surface area contributed by atoms with Crippen molar-refractivity contribution in [3.8, 4) is 11.5 Å². The van der Waals surface area contributed by atoms with Crippen LogP contribution in [0.2, 0.25) is 0 Å². The van der Waals surface area contributed by atoms with Crippen LogP contribution in [0.1, 0.15) is 43.5 Å². The van der Waals surface area contributed by atoms with E-state index in [9.17, 15) is 4.79 Å². The number of para-hydroxylation sites is 2. The average molecular weight is 484 g/mol. The predicted molar refractivity (Wildman–Crippen MR) is 143 cm³/mol. The smallest absolute Gasteiger partial charge is 0.227 e. The Kier molecular flexibility index (Phi) is 7.21. The SMILES string of the molecule is CCc1ccc(N2CC(c3nc4ccccc4n3CCCCOc3ccc(OC)cc3)CC2=O)cc1. The first-order chi connectivity index (χ1) is 17.7. The lowest BCUT2D eigenvalue weighted by atomic mass is 10.1. The summed E-state index contributed by atoms with van der Waals surface area (Å²) >= 11 is 0. The number of aromatic nitrogens is 2. The van der Waals surface area contributed by atoms with Crippen LogP contribution in [0.5, 0.6) is 11.5 Å². The van der Waals surface area contributed by atoms with Gasteiger partial charge in [0.25, 0.3) is 0 Å². The maximum atomic E-state index is 13.0. The molecule has 0 bridgehead atoms. The van der Waals surface area contributed by atoms with Crippen molar-refractivity contribution >= 4 is 22.6 Å². The van der Waals surface area contributed by atoms with E-state index in [1.54, 1.807) is 7.11 Å². The van der Waals surface area contributed by atoms with Crippen molar-refractivity contribution < 1.29 is 14.3 Å². The van der Waals surface area contributed by atoms with E-state index < -0.39 is 0 Å². The Bertz CT molecular complexity index is 1310. The maximum absolute atomic E-state index is 13.0. The Balaban J connectivity index is 1.26. The van der Waals surface area contributed by atoms with Crippen LogP contribution in [0.4, 0.5) is 5.69 Å². The number of methoxy groups -OCH3 is 1. The van der Waals surface area contributed by atoms with Gasteiger partial charge in [0.05, 0.1) is 24.8 Å². The predicted octanol–water partition coefficient (Wildman–Crippen LogP) is 5.99. The number of aryl methyl sites for hydroxylation is 2. The molecule has 6 heteroatoms. The number of imidazole rings is 1. The number of hydrogen-bond acceptors (Lipinski definition) is 4. The highest BCUT2D eigenvalue weighted by atomic mass is 16.5. The Morgan fingerprint density at radius 2 is 1.69 bits per heavy atom. The van der Waals surface area contributed by atoms with E-state index in [1.165, 1.54) is 5.56 Å². The fraction of sp³-hybridized carbons (Fsp3) is 0.333. The molecule has 1 fully saturated rings. The van der Waals surface area contributed by atoms with E-state index in [0.29, 0.717) is 19.6 Å². The summed E-state index contributed by atoms with van der Waals surface area (Å²) in [5.41, 5.74) is 4.36. The Labute approximate surface area is 212 Å². The van der Waals surface area contributed by atoms with Crippen molar-refractivity contribution in [2.75, 3.05) is 25.2 Å². The summed E-state index contributed by atoms with van der Waals surface area (Å²) in [7, 11) is 1.66. The van der Waals surface area contributed by atoms with Gasteiger partial charge in [0.2, 0.25) is 5.91 Å². The van der Waals surface area contributed by atoms with E-state index in [0.717, 1.165) is 59.9 Å². The third kappa shape index (κ3) is 5.08. The minimum atomic E-state index is 0.0753. The quantitative estimate of drug-likeness (QED) is 0.260. The van der Waals surface area contributed by atoms with Crippen molar-refractivity contribution in [2.24, 2.45) is 0 Å². The van der Waals surface area contributed by atoms with Gasteiger partial charge in [-0.05, 0) is 73.4 Å². The van der Waals surface area contributed by atoms with Crippen LogP contribution in [-0.4, -0.2) is 35.7 Å². The molecule has 5 rings (SSSR count). The van der Waals surface area contributed by atoms with Crippen LogP contribution in [-0.2, 0) is 17.8 Å². The van der Waals surface area contributed by atoms with E-state index in [2.05, 4.69) is 54.0 Å². The van der Waals surface area contributed by atoms with Crippen LogP contribution in [0, 0.1) is 0 Å². The number of fused-ring (bicyclic) bond motifs is 1. The number of carbonyl (C=O) groups excluding carboxylic acids is 1. The Hall–Kier alpha value is -3.80. The van der Waals surface area contributed by atoms with Crippen LogP contribution in [0.3, 0.4) is 0 Å². The number of unbranched alkanes of at least 4 members (excludes halogenated alkanes) is 1. The lowest BCUT2D eigenvalue weighted by Gasteiger charge is -2.18. The zero-order valence-electron chi connectivity index (χ0n) is 21.0. The molecule has 4 aromatic rings. The molecule has 0 aliphatic carbocycles. The second kappa shape index (κ2) is 10.9. The van der Waals surface area contributed by atoms with Gasteiger partial charge >= 0.3 is 0 Å². The molecular weight excluding hydrogens is 450 g/mol. The van der Waals surface area contributed by atoms with Gasteiger partial charge < -0.3 is 18.9 Å². The Morgan fingerprint density at radius 3 is 2.44 bits per heavy atom. The van der Waals surface area contributed by atoms with Crippen molar-refractivity contribution in [2.45, 2.75) is 45.1 Å². The molecule has 2 heterocycles. The minimum absolute atomic E-state index is 0.0753. The highest BCUT2D eigenvalue weighted by Crippen LogP contribution is 2.33. The molecule has 0 radical (unpaired) electrons. The molecule has 1 amide bonds. The molecule has 1 aliphatic rings. The number of amides is 1. The third-order valence-corrected chi connectivity index (χ3v) is 6.93. The summed E-state index contributed by atoms with van der Waals surface area (Å²) in [6.45, 7) is 4.30. The summed E-state index contributed by atoms with van der Waals surface area (Å²) < 4.78 is 13.4. The van der Waals surface area contributed by atoms with E-state index in [4.69, 9.17) is 14.5 Å². The van der Waals surface area contributed by atoms with Gasteiger partial charge in [-0.1, -0.05) is 31.2 Å². The molecular formula is C30H33N3O3. The van der Waals surface area contributed by atoms with Gasteiger partial charge in [-0.3, -0.25) is 4.79 Å². The van der Waals surface area contributed by atoms with E-state index >= 15 is 0 Å². The molecule has 1 saturated heterocycles. The van der Waals surface area contributed by atoms with Crippen LogP contribution < -0.4 is 14.4 Å². The molecule has 0 spiro atoms. The summed E-state index contributed by atoms with van der Waals surface area (Å²) in [6, 6.07) is 24.3. The van der Waals surface area contributed by atoms with Gasteiger partial charge in [0, 0.05) is 31.1 Å². The van der Waals surface area contributed by atoms with E-state index in [-0.39, 0.29) is 11.8 Å². The first-order valence-corrected chi connectivity index (χ1v) is 12.8. The van der Waals surface area contributed by atoms with Crippen LogP contribution in [0.15, 0.2) is 72.8 Å². The second-order valence-corrected chi connectivity index (χ2v) is 9.27. The number of anilines is 1. The van der Waals surface area contributed by atoms with Crippen LogP contribution >= 0.6 is 0 Å². The van der Waals surface area contributed by atoms with Crippen molar-refractivity contribution in [3.05, 3.63) is 84.2 Å². The molecule has 36 heavy (non-hydrogen) atoms. The summed E-state index contributed by atoms with van der Waals surface area (Å²) in [5, 5.41) is 0. The van der Waals surface area contributed by atoms with Gasteiger partial charge in [0.1, 0.15) is 17.3 Å². The largest absolute Gasteiger partial charge is 0.497 e. The van der Waals surface area contributed by atoms with Crippen molar-refractivity contribution in [1.82, 2.24) is 9.55 Å². The fourth-order valence-corrected chi connectivity index (χ4v) is 4.92. The molecule has 1 unspecified atom stereocenters. The molecule has 1 aromatic heterocycles. The number of nitrogens with zero attached hydrogens (tertiary/aromatic N) is 3. The maximum Gasteiger partial charge on any atom is 0.227 e. The zero-order valence-corrected chi connectivity index (χ0v) is 21.0. The highest BCUT2D eigenvalue weighted by Gasteiger charge is 2.34. The lowest BCUT2D eigenvalue weighted by Crippen LogP contribution is -2.24. The highest BCUT2D eigenvalue weighted by molar-refractivity contribution is 5.96. The number of hydrogen-bond donors (Lipinski definition) is 0. The molecule has 3 aromatic carbocycles. The molecule has 6 nitrogen and oxygen atoms in total. The molecule has 186 valence electrons. The topological polar surface area (TPSA) is 56.6 Å². The Morgan fingerprint density at radius 1 is 0.944 bits per heavy atom. The average Bonchev–Trinajstić information content (AvgIpc) is 3.49. The summed E-state index contributed by atoms with van der Waals surface area (Å²) in [4.78, 5) is 19.9. The number of rotatable bonds is 10. The zero-order chi connectivity index (χ0) is 24.9. The lowest BCUT2D eigenvalue weighted by molar-refractivity contribution is -0.117. The third-order valence-electron chi connectivity index (χ3n) is 6.93. The van der Waals surface area contributed by atoms with Gasteiger partial charge in [-0.25, -0.2) is 4.98 Å². The molecule has 0 N–H and O–H groups in total. The summed E-state index contributed by atoms with van der Waals surface area (Å²) in [5.74, 6) is 2.92. The minimum Gasteiger partial charge on any atom is -0.497 e. The van der Waals surface area contributed by atoms with Crippen molar-refractivity contribution in [3.63, 3.8) is 0 Å². The normalized spacial score (nSPS) is 15.6. The fourth-order valence-electron chi connectivity index (χ4n) is 4.92. The van der Waals surface area contributed by atoms with Crippen molar-refractivity contribution in [1.29, 1.82) is 0 Å². The monoisotopic (exact) mass is 483 g/mol. The summed E-state index contributed by atoms with van der Waals surface area (Å²) in [6.07, 6.45) is 3.37. The van der Waals surface area contributed by atoms with Crippen LogP contribution in [0.25, 0.3) is 11.0 Å². The standard InChI is InChI=1S/C30H33N3O3/c1-3-22-10-12-24(13-11-22)33-21-23(20-29(33)34)30-31-27-8-4-5-9-28(27)32(30)18-6-7-19-36-26-16-14-25(35-2)15-17-26/h4-5,8-17,23H,3,6-7,18-21H2,1-2H3. The molecule has 0 saturated carbocycles. The van der Waals surface area contributed by atoms with E-state index in [1.807, 2.05) is 35.2 Å². The van der Waals surface area contributed by atoms with Gasteiger partial charge in [0.15, 0.2) is 0 Å². The second-order valence-electron chi connectivity index (χ2n) is 9.27. The number of carbonyl (C=O) groups is 1. The van der Waals surface area contributed by atoms with Gasteiger partial charge in [-0.15, -0.1) is 0 Å². The number of benzene rings is 3. The van der Waals surface area contributed by atoms with Gasteiger partial charge in [-0.2, -0.15) is 0 Å². The number of ether oxygens (including phenoxy) is 2. The first-order valence-electron chi connectivity index (χ1n) is 12.8. The molecule has 1 aliphatic heterocycles. The first kappa shape index (κ1) is 23.9.